The van der Waals surface area contributed by atoms with Gasteiger partial charge in [-0.3, -0.25) is 4.79 Å². The van der Waals surface area contributed by atoms with Gasteiger partial charge in [0.25, 0.3) is 0 Å². The average molecular weight is 733 g/mol. The summed E-state index contributed by atoms with van der Waals surface area (Å²) in [4.78, 5) is 16.2. The van der Waals surface area contributed by atoms with Crippen LogP contribution in [-0.2, 0) is 31.3 Å². The molecular formula is C33H41F3IrNO2-. The summed E-state index contributed by atoms with van der Waals surface area (Å²) in [5.41, 5.74) is 4.55. The standard InChI is InChI=1S/C20H17F3N.C13H24O2.Ir/c1-13-9-14(2)11-17(10-13)19-18-4-3-15(5-7-20(21,22)23)12-16(18)6-8-24-19;1-5-10(6-2)12(14)9-13(15)11(7-3)8-4;/h3-4,6,8-10,12H,5,7H2,1-2H3;9-11,14H,5-8H2,1-4H3;/q-1;;/b;12-9-;. The van der Waals surface area contributed by atoms with E-state index in [0.717, 1.165) is 58.8 Å². The van der Waals surface area contributed by atoms with Crippen molar-refractivity contribution in [1.82, 2.24) is 4.98 Å². The monoisotopic (exact) mass is 733 g/mol. The fraction of sp³-hybridized carbons (Fsp3) is 0.455. The molecule has 0 atom stereocenters. The van der Waals surface area contributed by atoms with Gasteiger partial charge >= 0.3 is 6.18 Å². The topological polar surface area (TPSA) is 50.2 Å². The second kappa shape index (κ2) is 16.7. The Kier molecular flexibility index (Phi) is 14.8. The van der Waals surface area contributed by atoms with Gasteiger partial charge in [-0.25, -0.2) is 0 Å². The van der Waals surface area contributed by atoms with E-state index in [-0.39, 0.29) is 49.9 Å². The molecule has 1 heterocycles. The Morgan fingerprint density at radius 3 is 2.15 bits per heavy atom. The summed E-state index contributed by atoms with van der Waals surface area (Å²) in [6, 6.07) is 14.6. The predicted molar refractivity (Wildman–Crippen MR) is 154 cm³/mol. The van der Waals surface area contributed by atoms with Gasteiger partial charge in [-0.15, -0.1) is 34.9 Å². The van der Waals surface area contributed by atoms with Crippen LogP contribution in [-0.4, -0.2) is 22.1 Å². The largest absolute Gasteiger partial charge is 0.512 e. The van der Waals surface area contributed by atoms with Gasteiger partial charge in [0.15, 0.2) is 5.78 Å². The smallest absolute Gasteiger partial charge is 0.389 e. The number of aliphatic hydroxyl groups is 1. The van der Waals surface area contributed by atoms with Gasteiger partial charge in [0.1, 0.15) is 0 Å². The zero-order valence-corrected chi connectivity index (χ0v) is 26.7. The SMILES string of the molecule is CCC(CC)C(=O)/C=C(\O)C(CC)CC.Cc1[c-]c(-c2nccc3cc(CCC(F)(F)F)ccc23)cc(C)c1.[Ir]. The zero-order valence-electron chi connectivity index (χ0n) is 24.3. The second-order valence-electron chi connectivity index (χ2n) is 10.1. The summed E-state index contributed by atoms with van der Waals surface area (Å²) in [5.74, 6) is 0.547. The van der Waals surface area contributed by atoms with Crippen molar-refractivity contribution in [3.8, 4) is 11.3 Å². The quantitative estimate of drug-likeness (QED) is 0.128. The van der Waals surface area contributed by atoms with Crippen LogP contribution < -0.4 is 0 Å². The van der Waals surface area contributed by atoms with E-state index in [0.29, 0.717) is 5.56 Å². The third kappa shape index (κ3) is 10.8. The number of pyridine rings is 1. The molecule has 1 N–H and O–H groups in total. The number of hydrogen-bond acceptors (Lipinski definition) is 3. The Morgan fingerprint density at radius 1 is 0.975 bits per heavy atom. The maximum atomic E-state index is 12.4. The minimum Gasteiger partial charge on any atom is -0.512 e. The molecule has 2 aromatic carbocycles. The number of aryl methyl sites for hydroxylation is 3. The van der Waals surface area contributed by atoms with E-state index in [1.807, 2.05) is 71.9 Å². The molecule has 40 heavy (non-hydrogen) atoms. The van der Waals surface area contributed by atoms with Crippen LogP contribution in [0, 0.1) is 31.7 Å². The Morgan fingerprint density at radius 2 is 1.60 bits per heavy atom. The van der Waals surface area contributed by atoms with Gasteiger partial charge in [-0.1, -0.05) is 59.7 Å². The molecule has 0 fully saturated rings. The van der Waals surface area contributed by atoms with Gasteiger partial charge in [-0.2, -0.15) is 13.2 Å². The number of hydrogen-bond donors (Lipinski definition) is 1. The van der Waals surface area contributed by atoms with Crippen LogP contribution in [0.4, 0.5) is 13.2 Å². The summed E-state index contributed by atoms with van der Waals surface area (Å²) in [6.45, 7) is 12.1. The molecule has 1 aromatic heterocycles. The molecule has 1 radical (unpaired) electrons. The van der Waals surface area contributed by atoms with E-state index >= 15 is 0 Å². The van der Waals surface area contributed by atoms with Crippen molar-refractivity contribution >= 4 is 16.6 Å². The van der Waals surface area contributed by atoms with Gasteiger partial charge in [0, 0.05) is 50.6 Å². The molecule has 0 saturated carbocycles. The number of carbonyl (C=O) groups is 1. The van der Waals surface area contributed by atoms with Gasteiger partial charge in [-0.05, 0) is 60.2 Å². The molecule has 0 bridgehead atoms. The molecule has 0 unspecified atom stereocenters. The van der Waals surface area contributed by atoms with E-state index in [9.17, 15) is 23.1 Å². The van der Waals surface area contributed by atoms with Gasteiger partial charge < -0.3 is 10.1 Å². The maximum Gasteiger partial charge on any atom is 0.389 e. The van der Waals surface area contributed by atoms with Crippen LogP contribution in [0.2, 0.25) is 0 Å². The van der Waals surface area contributed by atoms with Crippen LogP contribution in [0.1, 0.15) is 76.5 Å². The van der Waals surface area contributed by atoms with Crippen molar-refractivity contribution in [2.24, 2.45) is 11.8 Å². The number of halogens is 3. The Labute approximate surface area is 250 Å². The maximum absolute atomic E-state index is 12.4. The number of fused-ring (bicyclic) bond motifs is 1. The number of benzene rings is 2. The molecule has 3 rings (SSSR count). The summed E-state index contributed by atoms with van der Waals surface area (Å²) in [5, 5.41) is 11.6. The van der Waals surface area contributed by atoms with Crippen molar-refractivity contribution in [1.29, 1.82) is 0 Å². The molecule has 0 saturated heterocycles. The van der Waals surface area contributed by atoms with Crippen molar-refractivity contribution < 1.29 is 43.2 Å². The van der Waals surface area contributed by atoms with E-state index in [1.165, 1.54) is 6.08 Å². The number of aliphatic hydroxyl groups excluding tert-OH is 1. The van der Waals surface area contributed by atoms with E-state index in [1.54, 1.807) is 12.3 Å². The first-order valence-electron chi connectivity index (χ1n) is 13.8. The first-order valence-corrected chi connectivity index (χ1v) is 13.8. The fourth-order valence-electron chi connectivity index (χ4n) is 4.69. The third-order valence-corrected chi connectivity index (χ3v) is 7.01. The van der Waals surface area contributed by atoms with Crippen LogP contribution in [0.25, 0.3) is 22.0 Å². The molecular weight excluding hydrogens is 692 g/mol. The van der Waals surface area contributed by atoms with Crippen LogP contribution in [0.5, 0.6) is 0 Å². The average Bonchev–Trinajstić information content (AvgIpc) is 2.87. The van der Waals surface area contributed by atoms with Crippen molar-refractivity contribution in [3.63, 3.8) is 0 Å². The van der Waals surface area contributed by atoms with E-state index in [4.69, 9.17) is 0 Å². The Bertz CT molecular complexity index is 1240. The number of ketones is 1. The first-order chi connectivity index (χ1) is 18.4. The summed E-state index contributed by atoms with van der Waals surface area (Å²) in [7, 11) is 0. The molecule has 3 aromatic rings. The molecule has 0 amide bonds. The van der Waals surface area contributed by atoms with Crippen molar-refractivity contribution in [2.45, 2.75) is 86.2 Å². The summed E-state index contributed by atoms with van der Waals surface area (Å²) in [6.07, 6.45) is 1.65. The normalized spacial score (nSPS) is 11.8. The summed E-state index contributed by atoms with van der Waals surface area (Å²) >= 11 is 0. The molecule has 0 aliphatic rings. The Balaban J connectivity index is 0.000000437. The molecule has 0 spiro atoms. The number of rotatable bonds is 10. The van der Waals surface area contributed by atoms with Crippen molar-refractivity contribution in [2.75, 3.05) is 0 Å². The molecule has 7 heteroatoms. The Hall–Kier alpha value is -2.50. The first kappa shape index (κ1) is 35.5. The minimum absolute atomic E-state index is 0. The molecule has 3 nitrogen and oxygen atoms in total. The second-order valence-corrected chi connectivity index (χ2v) is 10.1. The molecule has 221 valence electrons. The van der Waals surface area contributed by atoms with E-state index < -0.39 is 12.6 Å². The zero-order chi connectivity index (χ0) is 29.2. The minimum atomic E-state index is -4.13. The van der Waals surface area contributed by atoms with Crippen molar-refractivity contribution in [3.05, 3.63) is 77.2 Å². The molecule has 0 aliphatic heterocycles. The fourth-order valence-corrected chi connectivity index (χ4v) is 4.69. The number of allylic oxidation sites excluding steroid dienone is 2. The number of carbonyl (C=O) groups excluding carboxylic acids is 1. The van der Waals surface area contributed by atoms with Crippen LogP contribution >= 0.6 is 0 Å². The third-order valence-electron chi connectivity index (χ3n) is 7.01. The van der Waals surface area contributed by atoms with Gasteiger partial charge in [0.2, 0.25) is 0 Å². The predicted octanol–water partition coefficient (Wildman–Crippen LogP) is 9.68. The number of nitrogens with zero attached hydrogens (tertiary/aromatic N) is 1. The number of alkyl halides is 3. The van der Waals surface area contributed by atoms with E-state index in [2.05, 4.69) is 11.1 Å². The molecule has 0 aliphatic carbocycles. The summed E-state index contributed by atoms with van der Waals surface area (Å²) < 4.78 is 37.2. The van der Waals surface area contributed by atoms with Gasteiger partial charge in [0.05, 0.1) is 5.76 Å². The van der Waals surface area contributed by atoms with Crippen LogP contribution in [0.15, 0.2) is 54.4 Å². The van der Waals surface area contributed by atoms with Crippen LogP contribution in [0.3, 0.4) is 0 Å². The number of aromatic nitrogens is 1.